The number of hydrogen-bond donors (Lipinski definition) is 2. The van der Waals surface area contributed by atoms with Gasteiger partial charge in [-0.05, 0) is 62.2 Å². The van der Waals surface area contributed by atoms with Crippen molar-refractivity contribution in [2.24, 2.45) is 7.05 Å². The van der Waals surface area contributed by atoms with Gasteiger partial charge in [0.05, 0.1) is 11.4 Å². The minimum Gasteiger partial charge on any atom is -0.438 e. The Balaban J connectivity index is 1.81. The summed E-state index contributed by atoms with van der Waals surface area (Å²) in [6.45, 7) is 5.43. The number of nitrogens with two attached hydrogens (primary N) is 1. The summed E-state index contributed by atoms with van der Waals surface area (Å²) in [4.78, 5) is 21.2. The van der Waals surface area contributed by atoms with E-state index in [-0.39, 0.29) is 28.6 Å². The Kier molecular flexibility index (Phi) is 7.08. The van der Waals surface area contributed by atoms with E-state index in [0.29, 0.717) is 16.9 Å². The fraction of sp³-hybridized carbons (Fsp3) is 0.200. The van der Waals surface area contributed by atoms with E-state index in [1.165, 1.54) is 31.3 Å². The number of hydrogen-bond acceptors (Lipinski definition) is 8. The molecule has 39 heavy (non-hydrogen) atoms. The summed E-state index contributed by atoms with van der Waals surface area (Å²) in [5.74, 6) is -1.15. The Morgan fingerprint density at radius 2 is 1.69 bits per heavy atom. The lowest BCUT2D eigenvalue weighted by Gasteiger charge is -2.16. The predicted molar refractivity (Wildman–Crippen MR) is 135 cm³/mol. The number of nitrogens with zero attached hydrogens (tertiary/aromatic N) is 4. The molecule has 10 nitrogen and oxygen atoms in total. The van der Waals surface area contributed by atoms with E-state index >= 15 is 0 Å². The maximum atomic E-state index is 13.2. The van der Waals surface area contributed by atoms with E-state index < -0.39 is 32.8 Å². The Bertz CT molecular complexity index is 1680. The van der Waals surface area contributed by atoms with Crippen LogP contribution >= 0.6 is 0 Å². The van der Waals surface area contributed by atoms with Gasteiger partial charge in [0, 0.05) is 7.05 Å². The number of aryl methyl sites for hydroxylation is 4. The number of benzene rings is 1. The van der Waals surface area contributed by atoms with Crippen molar-refractivity contribution in [1.29, 1.82) is 0 Å². The van der Waals surface area contributed by atoms with Gasteiger partial charge in [-0.25, -0.2) is 14.7 Å². The molecule has 4 rings (SSSR count). The van der Waals surface area contributed by atoms with Gasteiger partial charge >= 0.3 is 6.18 Å². The first-order valence-corrected chi connectivity index (χ1v) is 12.8. The molecule has 204 valence electrons. The van der Waals surface area contributed by atoms with Crippen LogP contribution in [0.4, 0.5) is 19.0 Å². The molecule has 0 bridgehead atoms. The number of halogens is 3. The molecule has 0 atom stereocenters. The van der Waals surface area contributed by atoms with Crippen LogP contribution in [-0.4, -0.2) is 34.1 Å². The van der Waals surface area contributed by atoms with Crippen molar-refractivity contribution >= 4 is 21.7 Å². The van der Waals surface area contributed by atoms with Crippen LogP contribution in [-0.2, 0) is 23.2 Å². The number of nitrogens with one attached hydrogen (secondary N) is 1. The third-order valence-electron chi connectivity index (χ3n) is 5.59. The van der Waals surface area contributed by atoms with Crippen molar-refractivity contribution in [3.63, 3.8) is 0 Å². The van der Waals surface area contributed by atoms with Crippen molar-refractivity contribution < 1.29 is 31.1 Å². The van der Waals surface area contributed by atoms with Crippen LogP contribution in [0.2, 0.25) is 0 Å². The third-order valence-corrected chi connectivity index (χ3v) is 6.82. The summed E-state index contributed by atoms with van der Waals surface area (Å²) in [5, 5.41) is 3.01. The maximum Gasteiger partial charge on any atom is 0.435 e. The quantitative estimate of drug-likeness (QED) is 0.355. The number of aromatic nitrogens is 4. The number of alkyl halides is 3. The van der Waals surface area contributed by atoms with Gasteiger partial charge in [-0.2, -0.15) is 26.7 Å². The fourth-order valence-electron chi connectivity index (χ4n) is 3.91. The molecule has 3 N–H and O–H groups in total. The van der Waals surface area contributed by atoms with E-state index in [4.69, 9.17) is 10.5 Å². The van der Waals surface area contributed by atoms with Crippen molar-refractivity contribution in [3.8, 4) is 23.0 Å². The molecule has 1 aromatic carbocycles. The molecule has 0 fully saturated rings. The van der Waals surface area contributed by atoms with E-state index in [0.717, 1.165) is 22.4 Å². The summed E-state index contributed by atoms with van der Waals surface area (Å²) in [6.07, 6.45) is -4.69. The lowest BCUT2D eigenvalue weighted by Crippen LogP contribution is -2.31. The number of rotatable bonds is 6. The van der Waals surface area contributed by atoms with Crippen molar-refractivity contribution in [2.45, 2.75) is 32.0 Å². The van der Waals surface area contributed by atoms with Crippen LogP contribution in [0.3, 0.4) is 0 Å². The second-order valence-electron chi connectivity index (χ2n) is 8.75. The largest absolute Gasteiger partial charge is 0.438 e. The van der Waals surface area contributed by atoms with Crippen molar-refractivity contribution in [1.82, 2.24) is 24.5 Å². The average molecular weight is 561 g/mol. The molecule has 3 aromatic heterocycles. The highest BCUT2D eigenvalue weighted by Crippen LogP contribution is 2.34. The molecule has 14 heteroatoms. The van der Waals surface area contributed by atoms with E-state index in [2.05, 4.69) is 15.1 Å². The van der Waals surface area contributed by atoms with Crippen LogP contribution in [0.15, 0.2) is 53.6 Å². The van der Waals surface area contributed by atoms with Gasteiger partial charge in [-0.3, -0.25) is 9.48 Å². The minimum atomic E-state index is -4.69. The molecule has 0 aliphatic carbocycles. The predicted octanol–water partition coefficient (Wildman–Crippen LogP) is 4.31. The highest BCUT2D eigenvalue weighted by molar-refractivity contribution is 7.90. The molecule has 0 unspecified atom stereocenters. The summed E-state index contributed by atoms with van der Waals surface area (Å²) in [7, 11) is -3.12. The second-order valence-corrected chi connectivity index (χ2v) is 10.4. The first-order valence-electron chi connectivity index (χ1n) is 11.3. The minimum absolute atomic E-state index is 0.00642. The molecular weight excluding hydrogens is 537 g/mol. The highest BCUT2D eigenvalue weighted by atomic mass is 32.2. The van der Waals surface area contributed by atoms with Crippen LogP contribution in [0.5, 0.6) is 11.6 Å². The number of anilines is 1. The summed E-state index contributed by atoms with van der Waals surface area (Å²) >= 11 is 0. The van der Waals surface area contributed by atoms with Crippen LogP contribution in [0, 0.1) is 20.8 Å². The molecule has 0 spiro atoms. The van der Waals surface area contributed by atoms with Gasteiger partial charge in [-0.1, -0.05) is 23.8 Å². The van der Waals surface area contributed by atoms with Crippen LogP contribution in [0.25, 0.3) is 11.4 Å². The van der Waals surface area contributed by atoms with Crippen LogP contribution in [0.1, 0.15) is 32.7 Å². The lowest BCUT2D eigenvalue weighted by molar-refractivity contribution is -0.141. The summed E-state index contributed by atoms with van der Waals surface area (Å²) in [5.41, 5.74) is 6.49. The van der Waals surface area contributed by atoms with E-state index in [1.54, 1.807) is 13.8 Å². The molecular formula is C25H23F3N6O4S. The van der Waals surface area contributed by atoms with Crippen molar-refractivity contribution in [2.75, 3.05) is 5.73 Å². The van der Waals surface area contributed by atoms with E-state index in [9.17, 15) is 26.4 Å². The zero-order chi connectivity index (χ0) is 28.7. The molecule has 0 aliphatic rings. The normalized spacial score (nSPS) is 11.9. The molecule has 0 saturated heterocycles. The molecule has 1 amide bonds. The first-order chi connectivity index (χ1) is 18.2. The Morgan fingerprint density at radius 3 is 2.28 bits per heavy atom. The molecule has 0 saturated carbocycles. The van der Waals surface area contributed by atoms with Gasteiger partial charge in [0.2, 0.25) is 5.88 Å². The molecule has 4 aromatic rings. The number of amides is 1. The smallest absolute Gasteiger partial charge is 0.435 e. The van der Waals surface area contributed by atoms with Gasteiger partial charge in [0.25, 0.3) is 15.9 Å². The monoisotopic (exact) mass is 560 g/mol. The average Bonchev–Trinajstić information content (AvgIpc) is 3.23. The van der Waals surface area contributed by atoms with Gasteiger partial charge < -0.3 is 10.5 Å². The Hall–Kier alpha value is -4.46. The fourth-order valence-corrected chi connectivity index (χ4v) is 4.86. The zero-order valence-electron chi connectivity index (χ0n) is 21.2. The summed E-state index contributed by atoms with van der Waals surface area (Å²) in [6, 6.07) is 10.8. The lowest BCUT2D eigenvalue weighted by atomic mass is 10.1. The summed E-state index contributed by atoms with van der Waals surface area (Å²) < 4.78 is 74.2. The standard InChI is InChI=1S/C25H23F3N6O4S/c1-13-10-14(2)22(15(3)11-13)38-24-16(23(35)33-39(36,37)21-7-5-6-20(29)31-21)8-9-17(30-24)18-12-19(25(26,27)28)32-34(18)4/h5-12H,1-4H3,(H2,29,31)(H,33,35). The molecule has 0 radical (unpaired) electrons. The highest BCUT2D eigenvalue weighted by Gasteiger charge is 2.35. The Labute approximate surface area is 221 Å². The maximum absolute atomic E-state index is 13.2. The number of nitrogen functional groups attached to an aromatic ring is 1. The topological polar surface area (TPSA) is 142 Å². The number of carbonyl (C=O) groups is 1. The van der Waals surface area contributed by atoms with Gasteiger partial charge in [-0.15, -0.1) is 0 Å². The molecule has 3 heterocycles. The SMILES string of the molecule is Cc1cc(C)c(Oc2nc(-c3cc(C(F)(F)F)nn3C)ccc2C(=O)NS(=O)(=O)c2cccc(N)n2)c(C)c1. The zero-order valence-corrected chi connectivity index (χ0v) is 22.0. The second kappa shape index (κ2) is 10.0. The molecule has 0 aliphatic heterocycles. The number of carbonyl (C=O) groups excluding carboxylic acids is 1. The third kappa shape index (κ3) is 5.85. The van der Waals surface area contributed by atoms with Crippen molar-refractivity contribution in [3.05, 3.63) is 76.5 Å². The van der Waals surface area contributed by atoms with Gasteiger partial charge in [0.1, 0.15) is 17.1 Å². The number of ether oxygens (including phenoxy) is 1. The number of sulfonamides is 1. The number of pyridine rings is 2. The van der Waals surface area contributed by atoms with Crippen LogP contribution < -0.4 is 15.2 Å². The van der Waals surface area contributed by atoms with Gasteiger partial charge in [0.15, 0.2) is 10.7 Å². The Morgan fingerprint density at radius 1 is 1.03 bits per heavy atom. The first kappa shape index (κ1) is 27.6. The van der Waals surface area contributed by atoms with E-state index in [1.807, 2.05) is 23.8 Å².